The Morgan fingerprint density at radius 1 is 0.359 bits per heavy atom. The molecule has 0 aliphatic carbocycles. The van der Waals surface area contributed by atoms with E-state index in [1.54, 1.807) is 0 Å². The summed E-state index contributed by atoms with van der Waals surface area (Å²) >= 11 is 0. The van der Waals surface area contributed by atoms with E-state index in [-0.39, 0.29) is 25.2 Å². The van der Waals surface area contributed by atoms with E-state index in [1.807, 2.05) is 0 Å². The molecule has 0 N–H and O–H groups in total. The number of carbonyl (C=O) groups excluding carboxylic acids is 2. The normalized spacial score (nSPS) is 13.1. The molecule has 0 spiro atoms. The fourth-order valence-corrected chi connectivity index (χ4v) is 6.84. The van der Waals surface area contributed by atoms with Crippen molar-refractivity contribution in [2.75, 3.05) is 19.8 Å². The van der Waals surface area contributed by atoms with Crippen molar-refractivity contribution in [2.24, 2.45) is 0 Å². The van der Waals surface area contributed by atoms with Crippen molar-refractivity contribution in [1.82, 2.24) is 0 Å². The molecule has 1 unspecified atom stereocenters. The molecule has 0 aromatic heterocycles. The van der Waals surface area contributed by atoms with E-state index in [1.165, 1.54) is 77.0 Å². The molecule has 0 saturated carbocycles. The summed E-state index contributed by atoms with van der Waals surface area (Å²) in [4.78, 5) is 25.4. The summed E-state index contributed by atoms with van der Waals surface area (Å²) in [7, 11) is 0. The van der Waals surface area contributed by atoms with Crippen LogP contribution in [0.3, 0.4) is 0 Å². The third kappa shape index (κ3) is 51.2. The minimum absolute atomic E-state index is 0.0518. The molecule has 0 aromatic rings. The maximum absolute atomic E-state index is 12.8. The van der Waals surface area contributed by atoms with Crippen LogP contribution in [0.25, 0.3) is 0 Å². The van der Waals surface area contributed by atoms with Gasteiger partial charge in [0.1, 0.15) is 6.61 Å². The van der Waals surface area contributed by atoms with Crippen LogP contribution in [0.4, 0.5) is 0 Å². The van der Waals surface area contributed by atoms with Crippen LogP contribution in [0.15, 0.2) is 109 Å². The number of hydrogen-bond acceptors (Lipinski definition) is 5. The number of carbonyl (C=O) groups is 2. The third-order valence-corrected chi connectivity index (χ3v) is 10.7. The highest BCUT2D eigenvalue weighted by atomic mass is 16.6. The van der Waals surface area contributed by atoms with Crippen LogP contribution >= 0.6 is 0 Å². The van der Waals surface area contributed by atoms with Crippen molar-refractivity contribution >= 4 is 11.9 Å². The number of unbranched alkanes of at least 4 members (excludes halogenated alkanes) is 18. The average molecular weight is 887 g/mol. The van der Waals surface area contributed by atoms with Gasteiger partial charge in [0.05, 0.1) is 6.61 Å². The zero-order chi connectivity index (χ0) is 46.3. The van der Waals surface area contributed by atoms with Gasteiger partial charge in [-0.15, -0.1) is 0 Å². The smallest absolute Gasteiger partial charge is 0.306 e. The molecule has 0 heterocycles. The lowest BCUT2D eigenvalue weighted by atomic mass is 10.1. The van der Waals surface area contributed by atoms with Gasteiger partial charge in [0.2, 0.25) is 0 Å². The van der Waals surface area contributed by atoms with Crippen LogP contribution in [-0.2, 0) is 23.8 Å². The van der Waals surface area contributed by atoms with Crippen LogP contribution in [0.2, 0.25) is 0 Å². The minimum atomic E-state index is -0.569. The Balaban J connectivity index is 4.38. The second kappa shape index (κ2) is 53.9. The lowest BCUT2D eigenvalue weighted by Crippen LogP contribution is -2.30. The number of allylic oxidation sites excluding steroid dienone is 18. The zero-order valence-electron chi connectivity index (χ0n) is 41.8. The van der Waals surface area contributed by atoms with E-state index < -0.39 is 6.10 Å². The highest BCUT2D eigenvalue weighted by Crippen LogP contribution is 2.12. The molecule has 5 heteroatoms. The first-order chi connectivity index (χ1) is 31.6. The molecule has 5 nitrogen and oxygen atoms in total. The summed E-state index contributed by atoms with van der Waals surface area (Å²) in [5.41, 5.74) is 0. The van der Waals surface area contributed by atoms with Gasteiger partial charge in [0, 0.05) is 19.4 Å². The highest BCUT2D eigenvalue weighted by molar-refractivity contribution is 5.70. The predicted octanol–water partition coefficient (Wildman–Crippen LogP) is 18.0. The van der Waals surface area contributed by atoms with Crippen LogP contribution in [0.5, 0.6) is 0 Å². The Morgan fingerprint density at radius 2 is 0.734 bits per heavy atom. The predicted molar refractivity (Wildman–Crippen MR) is 279 cm³/mol. The SMILES string of the molecule is CC/C=C\C/C=C\C/C=C\C/C=C\C/C=C\CCCCCC(=O)OCC(COCCCCCCCC/C=C\C/C=C\CCCCC)OC(=O)CCCCCCC/C=C\C/C=C\CCC. The molecule has 1 atom stereocenters. The number of rotatable bonds is 47. The lowest BCUT2D eigenvalue weighted by molar-refractivity contribution is -0.163. The molecule has 0 aliphatic rings. The van der Waals surface area contributed by atoms with E-state index in [9.17, 15) is 9.59 Å². The minimum Gasteiger partial charge on any atom is -0.462 e. The van der Waals surface area contributed by atoms with Gasteiger partial charge in [-0.2, -0.15) is 0 Å². The summed E-state index contributed by atoms with van der Waals surface area (Å²) in [6.45, 7) is 7.54. The molecule has 0 radical (unpaired) electrons. The monoisotopic (exact) mass is 887 g/mol. The van der Waals surface area contributed by atoms with Crippen LogP contribution in [0.1, 0.15) is 226 Å². The van der Waals surface area contributed by atoms with Gasteiger partial charge in [-0.25, -0.2) is 0 Å². The zero-order valence-corrected chi connectivity index (χ0v) is 41.8. The van der Waals surface area contributed by atoms with Crippen molar-refractivity contribution in [2.45, 2.75) is 232 Å². The average Bonchev–Trinajstić information content (AvgIpc) is 3.30. The topological polar surface area (TPSA) is 61.8 Å². The number of esters is 2. The second-order valence-electron chi connectivity index (χ2n) is 17.0. The van der Waals surface area contributed by atoms with Gasteiger partial charge in [-0.3, -0.25) is 9.59 Å². The quantitative estimate of drug-likeness (QED) is 0.0346. The van der Waals surface area contributed by atoms with Gasteiger partial charge < -0.3 is 14.2 Å². The summed E-state index contributed by atoms with van der Waals surface area (Å²) in [5, 5.41) is 0. The van der Waals surface area contributed by atoms with Crippen molar-refractivity contribution in [3.05, 3.63) is 109 Å². The van der Waals surface area contributed by atoms with Crippen molar-refractivity contribution in [3.63, 3.8) is 0 Å². The molecule has 0 saturated heterocycles. The van der Waals surface area contributed by atoms with Gasteiger partial charge in [-0.05, 0) is 122 Å². The molecule has 0 rings (SSSR count). The first-order valence-corrected chi connectivity index (χ1v) is 26.4. The first-order valence-electron chi connectivity index (χ1n) is 26.4. The third-order valence-electron chi connectivity index (χ3n) is 10.7. The Bertz CT molecular complexity index is 1280. The maximum Gasteiger partial charge on any atom is 0.306 e. The van der Waals surface area contributed by atoms with Gasteiger partial charge in [0.15, 0.2) is 6.10 Å². The highest BCUT2D eigenvalue weighted by Gasteiger charge is 2.17. The van der Waals surface area contributed by atoms with Crippen molar-refractivity contribution in [1.29, 1.82) is 0 Å². The van der Waals surface area contributed by atoms with E-state index in [2.05, 4.69) is 130 Å². The summed E-state index contributed by atoms with van der Waals surface area (Å²) in [6, 6.07) is 0. The Hall–Kier alpha value is -3.44. The standard InChI is InChI=1S/C59H98O5/c1-4-7-10-13-16-19-22-25-27-29-30-31-32-35-37-40-43-46-49-52-58(60)63-56-57(64-59(61)53-50-47-44-41-38-34-24-21-18-15-12-9-6-3)55-62-54-51-48-45-42-39-36-33-28-26-23-20-17-14-11-8-5-2/h7,10,12,15-17,19-21,24-28,30-31,35,37,57H,4-6,8-9,11,13-14,18,22-23,29,32-34,36,38-56H2,1-3H3/b10-7-,15-12-,19-16-,20-17-,24-21-,27-25-,28-26-,31-30-,37-35-. The Morgan fingerprint density at radius 3 is 1.20 bits per heavy atom. The van der Waals surface area contributed by atoms with E-state index >= 15 is 0 Å². The maximum atomic E-state index is 12.8. The molecule has 0 aliphatic heterocycles. The van der Waals surface area contributed by atoms with E-state index in [0.717, 1.165) is 116 Å². The van der Waals surface area contributed by atoms with Crippen molar-refractivity contribution < 1.29 is 23.8 Å². The Kier molecular flexibility index (Phi) is 51.0. The fraction of sp³-hybridized carbons (Fsp3) is 0.661. The molecule has 64 heavy (non-hydrogen) atoms. The second-order valence-corrected chi connectivity index (χ2v) is 17.0. The molecule has 364 valence electrons. The molecule has 0 fully saturated rings. The van der Waals surface area contributed by atoms with E-state index in [0.29, 0.717) is 19.4 Å². The van der Waals surface area contributed by atoms with Gasteiger partial charge >= 0.3 is 11.9 Å². The Labute approximate surface area is 395 Å². The molecular formula is C59H98O5. The first kappa shape index (κ1) is 60.6. The van der Waals surface area contributed by atoms with Gasteiger partial charge in [0.25, 0.3) is 0 Å². The summed E-state index contributed by atoms with van der Waals surface area (Å²) in [6.07, 6.45) is 73.8. The molecule has 0 amide bonds. The van der Waals surface area contributed by atoms with E-state index in [4.69, 9.17) is 14.2 Å². The van der Waals surface area contributed by atoms with Crippen molar-refractivity contribution in [3.8, 4) is 0 Å². The number of ether oxygens (including phenoxy) is 3. The number of hydrogen-bond donors (Lipinski definition) is 0. The largest absolute Gasteiger partial charge is 0.462 e. The molecule has 0 aromatic carbocycles. The molecule has 0 bridgehead atoms. The van der Waals surface area contributed by atoms with Gasteiger partial charge in [-0.1, -0.05) is 201 Å². The van der Waals surface area contributed by atoms with Crippen LogP contribution < -0.4 is 0 Å². The molecular weight excluding hydrogens is 789 g/mol. The lowest BCUT2D eigenvalue weighted by Gasteiger charge is -2.18. The van der Waals surface area contributed by atoms with Crippen LogP contribution in [0, 0.1) is 0 Å². The fourth-order valence-electron chi connectivity index (χ4n) is 6.84. The summed E-state index contributed by atoms with van der Waals surface area (Å²) < 4.78 is 17.4. The van der Waals surface area contributed by atoms with Crippen LogP contribution in [-0.4, -0.2) is 37.9 Å². The summed E-state index contributed by atoms with van der Waals surface area (Å²) in [5.74, 6) is -0.462.